The highest BCUT2D eigenvalue weighted by Crippen LogP contribution is 2.41. The summed E-state index contributed by atoms with van der Waals surface area (Å²) in [4.78, 5) is 7.99. The molecule has 0 saturated heterocycles. The third kappa shape index (κ3) is 2.55. The zero-order chi connectivity index (χ0) is 14.0. The van der Waals surface area contributed by atoms with Gasteiger partial charge in [-0.15, -0.1) is 0 Å². The van der Waals surface area contributed by atoms with Crippen LogP contribution in [0.2, 0.25) is 0 Å². The number of anilines is 2. The molecule has 0 spiro atoms. The van der Waals surface area contributed by atoms with Crippen molar-refractivity contribution in [1.29, 1.82) is 0 Å². The van der Waals surface area contributed by atoms with Crippen LogP contribution in [0, 0.1) is 0 Å². The summed E-state index contributed by atoms with van der Waals surface area (Å²) in [6.07, 6.45) is 0. The smallest absolute Gasteiger partial charge is 0.222 e. The van der Waals surface area contributed by atoms with Crippen LogP contribution < -0.4 is 20.9 Å². The van der Waals surface area contributed by atoms with Crippen LogP contribution in [0.4, 0.5) is 11.8 Å². The van der Waals surface area contributed by atoms with Gasteiger partial charge in [0.05, 0.1) is 19.9 Å². The molecular formula is C12H13BrN4O2. The van der Waals surface area contributed by atoms with Gasteiger partial charge in [-0.25, -0.2) is 4.98 Å². The summed E-state index contributed by atoms with van der Waals surface area (Å²) in [5, 5.41) is 0. The Bertz CT molecular complexity index is 599. The number of halogens is 1. The zero-order valence-electron chi connectivity index (χ0n) is 10.5. The van der Waals surface area contributed by atoms with E-state index < -0.39 is 0 Å². The molecule has 0 atom stereocenters. The van der Waals surface area contributed by atoms with E-state index in [1.807, 2.05) is 6.07 Å². The highest BCUT2D eigenvalue weighted by molar-refractivity contribution is 9.10. The van der Waals surface area contributed by atoms with Crippen LogP contribution in [-0.4, -0.2) is 24.2 Å². The number of nitrogens with zero attached hydrogens (tertiary/aromatic N) is 2. The average molecular weight is 325 g/mol. The topological polar surface area (TPSA) is 96.3 Å². The van der Waals surface area contributed by atoms with E-state index in [1.165, 1.54) is 0 Å². The third-order valence-corrected chi connectivity index (χ3v) is 3.28. The lowest BCUT2D eigenvalue weighted by Crippen LogP contribution is -2.01. The number of hydrogen-bond donors (Lipinski definition) is 2. The molecule has 0 amide bonds. The Kier molecular flexibility index (Phi) is 3.75. The third-order valence-electron chi connectivity index (χ3n) is 2.52. The minimum atomic E-state index is 0.115. The Morgan fingerprint density at radius 1 is 1.11 bits per heavy atom. The van der Waals surface area contributed by atoms with E-state index in [1.54, 1.807) is 26.4 Å². The largest absolute Gasteiger partial charge is 0.495 e. The molecule has 0 bridgehead atoms. The maximum Gasteiger partial charge on any atom is 0.222 e. The van der Waals surface area contributed by atoms with Crippen LogP contribution >= 0.6 is 15.9 Å². The first-order valence-electron chi connectivity index (χ1n) is 5.37. The molecule has 0 radical (unpaired) electrons. The molecule has 1 heterocycles. The average Bonchev–Trinajstić information content (AvgIpc) is 2.37. The van der Waals surface area contributed by atoms with Crippen LogP contribution in [0.3, 0.4) is 0 Å². The molecule has 6 nitrogen and oxygen atoms in total. The number of hydrogen-bond acceptors (Lipinski definition) is 6. The number of rotatable bonds is 3. The normalized spacial score (nSPS) is 10.3. The van der Waals surface area contributed by atoms with Gasteiger partial charge in [-0.2, -0.15) is 4.98 Å². The second-order valence-corrected chi connectivity index (χ2v) is 4.49. The Balaban J connectivity index is 2.65. The van der Waals surface area contributed by atoms with E-state index in [9.17, 15) is 0 Å². The second kappa shape index (κ2) is 5.31. The summed E-state index contributed by atoms with van der Waals surface area (Å²) >= 11 is 3.43. The molecule has 0 fully saturated rings. The predicted molar refractivity (Wildman–Crippen MR) is 77.1 cm³/mol. The second-order valence-electron chi connectivity index (χ2n) is 3.70. The van der Waals surface area contributed by atoms with Crippen molar-refractivity contribution in [2.75, 3.05) is 25.7 Å². The molecule has 2 aromatic rings. The lowest BCUT2D eigenvalue weighted by Gasteiger charge is -2.13. The van der Waals surface area contributed by atoms with Gasteiger partial charge in [0.2, 0.25) is 5.95 Å². The van der Waals surface area contributed by atoms with E-state index in [0.717, 1.165) is 5.56 Å². The van der Waals surface area contributed by atoms with E-state index in [0.29, 0.717) is 27.5 Å². The number of ether oxygens (including phenoxy) is 2. The first-order chi connectivity index (χ1) is 9.06. The summed E-state index contributed by atoms with van der Waals surface area (Å²) in [7, 11) is 3.15. The van der Waals surface area contributed by atoms with E-state index in [4.69, 9.17) is 20.9 Å². The van der Waals surface area contributed by atoms with E-state index in [2.05, 4.69) is 25.9 Å². The predicted octanol–water partition coefficient (Wildman–Crippen LogP) is 2.09. The SMILES string of the molecule is COc1ccc(-c2cc(N)nc(N)n2)c(OC)c1Br. The molecule has 2 rings (SSSR count). The minimum absolute atomic E-state index is 0.115. The first kappa shape index (κ1) is 13.4. The molecule has 1 aromatic carbocycles. The zero-order valence-corrected chi connectivity index (χ0v) is 12.1. The number of methoxy groups -OCH3 is 2. The summed E-state index contributed by atoms with van der Waals surface area (Å²) in [5.41, 5.74) is 12.6. The standard InChI is InChI=1S/C12H13BrN4O2/c1-18-8-4-3-6(11(19-2)10(8)13)7-5-9(14)17-12(15)16-7/h3-5H,1-2H3,(H4,14,15,16,17). The van der Waals surface area contributed by atoms with Crippen molar-refractivity contribution in [1.82, 2.24) is 9.97 Å². The minimum Gasteiger partial charge on any atom is -0.495 e. The number of benzene rings is 1. The van der Waals surface area contributed by atoms with Crippen molar-refractivity contribution in [2.45, 2.75) is 0 Å². The Morgan fingerprint density at radius 3 is 2.42 bits per heavy atom. The van der Waals surface area contributed by atoms with Crippen LogP contribution in [-0.2, 0) is 0 Å². The van der Waals surface area contributed by atoms with Gasteiger partial charge < -0.3 is 20.9 Å². The molecule has 0 unspecified atom stereocenters. The van der Waals surface area contributed by atoms with Gasteiger partial charge in [0.15, 0.2) is 0 Å². The molecule has 100 valence electrons. The van der Waals surface area contributed by atoms with Crippen molar-refractivity contribution in [3.05, 3.63) is 22.7 Å². The van der Waals surface area contributed by atoms with Crippen LogP contribution in [0.5, 0.6) is 11.5 Å². The number of nitrogens with two attached hydrogens (primary N) is 2. The summed E-state index contributed by atoms with van der Waals surface area (Å²) < 4.78 is 11.3. The maximum absolute atomic E-state index is 5.67. The number of aromatic nitrogens is 2. The van der Waals surface area contributed by atoms with Crippen molar-refractivity contribution < 1.29 is 9.47 Å². The lowest BCUT2D eigenvalue weighted by atomic mass is 10.1. The van der Waals surface area contributed by atoms with Crippen LogP contribution in [0.15, 0.2) is 22.7 Å². The molecule has 0 aliphatic carbocycles. The van der Waals surface area contributed by atoms with E-state index in [-0.39, 0.29) is 5.95 Å². The van der Waals surface area contributed by atoms with Crippen molar-refractivity contribution in [2.24, 2.45) is 0 Å². The highest BCUT2D eigenvalue weighted by Gasteiger charge is 2.15. The quantitative estimate of drug-likeness (QED) is 0.897. The Labute approximate surface area is 118 Å². The van der Waals surface area contributed by atoms with Crippen LogP contribution in [0.1, 0.15) is 0 Å². The van der Waals surface area contributed by atoms with Gasteiger partial charge >= 0.3 is 0 Å². The number of nitrogen functional groups attached to an aromatic ring is 2. The molecule has 7 heteroatoms. The molecule has 0 aliphatic rings. The Morgan fingerprint density at radius 2 is 1.84 bits per heavy atom. The fourth-order valence-corrected chi connectivity index (χ4v) is 2.39. The van der Waals surface area contributed by atoms with Crippen molar-refractivity contribution >= 4 is 27.7 Å². The summed E-state index contributed by atoms with van der Waals surface area (Å²) in [6.45, 7) is 0. The van der Waals surface area contributed by atoms with Gasteiger partial charge in [0, 0.05) is 11.6 Å². The fraction of sp³-hybridized carbons (Fsp3) is 0.167. The molecular weight excluding hydrogens is 312 g/mol. The summed E-state index contributed by atoms with van der Waals surface area (Å²) in [6, 6.07) is 5.26. The molecule has 1 aromatic heterocycles. The van der Waals surface area contributed by atoms with Gasteiger partial charge in [-0.1, -0.05) is 0 Å². The van der Waals surface area contributed by atoms with E-state index >= 15 is 0 Å². The highest BCUT2D eigenvalue weighted by atomic mass is 79.9. The molecule has 0 saturated carbocycles. The first-order valence-corrected chi connectivity index (χ1v) is 6.17. The lowest BCUT2D eigenvalue weighted by molar-refractivity contribution is 0.390. The van der Waals surface area contributed by atoms with Crippen molar-refractivity contribution in [3.63, 3.8) is 0 Å². The molecule has 0 aliphatic heterocycles. The fourth-order valence-electron chi connectivity index (χ4n) is 1.72. The monoisotopic (exact) mass is 324 g/mol. The summed E-state index contributed by atoms with van der Waals surface area (Å²) in [5.74, 6) is 1.67. The van der Waals surface area contributed by atoms with Gasteiger partial charge in [-0.3, -0.25) is 0 Å². The molecule has 19 heavy (non-hydrogen) atoms. The maximum atomic E-state index is 5.67. The molecule has 4 N–H and O–H groups in total. The van der Waals surface area contributed by atoms with Crippen molar-refractivity contribution in [3.8, 4) is 22.8 Å². The Hall–Kier alpha value is -2.02. The van der Waals surface area contributed by atoms with Gasteiger partial charge in [0.1, 0.15) is 21.8 Å². The van der Waals surface area contributed by atoms with Gasteiger partial charge in [-0.05, 0) is 28.1 Å². The van der Waals surface area contributed by atoms with Gasteiger partial charge in [0.25, 0.3) is 0 Å². The van der Waals surface area contributed by atoms with Crippen LogP contribution in [0.25, 0.3) is 11.3 Å².